The molecule has 1 N–H and O–H groups in total. The molecule has 0 fully saturated rings. The topological polar surface area (TPSA) is 81.9 Å². The first-order chi connectivity index (χ1) is 13.1. The fourth-order valence-electron chi connectivity index (χ4n) is 2.29. The normalized spacial score (nSPS) is 10.6. The molecule has 0 unspecified atom stereocenters. The molecule has 1 heterocycles. The molecule has 0 spiro atoms. The molecule has 3 rings (SSSR count). The molecule has 0 radical (unpaired) electrons. The van der Waals surface area contributed by atoms with Crippen LogP contribution < -0.4 is 10.1 Å². The van der Waals surface area contributed by atoms with Gasteiger partial charge in [0.05, 0.1) is 19.4 Å². The highest BCUT2D eigenvalue weighted by atomic mass is 32.2. The van der Waals surface area contributed by atoms with Crippen LogP contribution >= 0.6 is 11.8 Å². The van der Waals surface area contributed by atoms with Crippen LogP contribution in [0.15, 0.2) is 53.7 Å². The van der Waals surface area contributed by atoms with Gasteiger partial charge in [0.2, 0.25) is 11.1 Å². The van der Waals surface area contributed by atoms with E-state index in [9.17, 15) is 9.18 Å². The van der Waals surface area contributed by atoms with Crippen molar-refractivity contribution in [2.75, 3.05) is 12.9 Å². The van der Waals surface area contributed by atoms with Crippen molar-refractivity contribution in [1.29, 1.82) is 0 Å². The monoisotopic (exact) mass is 387 g/mol. The van der Waals surface area contributed by atoms with Crippen molar-refractivity contribution in [3.05, 3.63) is 65.5 Å². The SMILES string of the molecule is COc1ccc(Cn2nnnc2SCC(=O)NCc2ccc(F)cc2)cc1. The molecule has 1 aromatic heterocycles. The fraction of sp³-hybridized carbons (Fsp3) is 0.222. The van der Waals surface area contributed by atoms with Crippen molar-refractivity contribution in [2.24, 2.45) is 0 Å². The fourth-order valence-corrected chi connectivity index (χ4v) is 2.99. The Morgan fingerprint density at radius 2 is 1.85 bits per heavy atom. The zero-order valence-electron chi connectivity index (χ0n) is 14.6. The highest BCUT2D eigenvalue weighted by Gasteiger charge is 2.10. The smallest absolute Gasteiger partial charge is 0.230 e. The van der Waals surface area contributed by atoms with Gasteiger partial charge in [0.15, 0.2) is 0 Å². The molecule has 0 saturated heterocycles. The lowest BCUT2D eigenvalue weighted by Gasteiger charge is -2.07. The first-order valence-electron chi connectivity index (χ1n) is 8.17. The van der Waals surface area contributed by atoms with Crippen LogP contribution in [0.4, 0.5) is 4.39 Å². The second-order valence-electron chi connectivity index (χ2n) is 5.66. The summed E-state index contributed by atoms with van der Waals surface area (Å²) in [6.45, 7) is 0.840. The predicted molar refractivity (Wildman–Crippen MR) is 98.9 cm³/mol. The quantitative estimate of drug-likeness (QED) is 0.597. The van der Waals surface area contributed by atoms with E-state index in [1.165, 1.54) is 23.9 Å². The van der Waals surface area contributed by atoms with Crippen LogP contribution in [0.2, 0.25) is 0 Å². The van der Waals surface area contributed by atoms with Gasteiger partial charge in [0.25, 0.3) is 0 Å². The minimum atomic E-state index is -0.302. The summed E-state index contributed by atoms with van der Waals surface area (Å²) in [6, 6.07) is 13.6. The molecular weight excluding hydrogens is 369 g/mol. The van der Waals surface area contributed by atoms with Crippen molar-refractivity contribution in [3.8, 4) is 5.75 Å². The first-order valence-corrected chi connectivity index (χ1v) is 9.15. The number of nitrogens with zero attached hydrogens (tertiary/aromatic N) is 4. The van der Waals surface area contributed by atoms with Crippen LogP contribution in [-0.4, -0.2) is 39.0 Å². The number of halogens is 1. The molecule has 1 amide bonds. The van der Waals surface area contributed by atoms with Crippen molar-refractivity contribution in [1.82, 2.24) is 25.5 Å². The molecule has 0 bridgehead atoms. The first kappa shape index (κ1) is 18.8. The third-order valence-corrected chi connectivity index (χ3v) is 4.68. The Hall–Kier alpha value is -2.94. The average Bonchev–Trinajstić information content (AvgIpc) is 3.13. The number of benzene rings is 2. The van der Waals surface area contributed by atoms with E-state index in [1.54, 1.807) is 23.9 Å². The van der Waals surface area contributed by atoms with Crippen LogP contribution in [-0.2, 0) is 17.9 Å². The maximum atomic E-state index is 12.9. The summed E-state index contributed by atoms with van der Waals surface area (Å²) in [5.74, 6) is 0.514. The molecule has 0 atom stereocenters. The molecule has 3 aromatic rings. The maximum Gasteiger partial charge on any atom is 0.230 e. The Morgan fingerprint density at radius 3 is 2.56 bits per heavy atom. The number of hydrogen-bond donors (Lipinski definition) is 1. The number of nitrogens with one attached hydrogen (secondary N) is 1. The minimum Gasteiger partial charge on any atom is -0.497 e. The molecule has 9 heteroatoms. The Bertz CT molecular complexity index is 884. The van der Waals surface area contributed by atoms with Gasteiger partial charge in [-0.3, -0.25) is 4.79 Å². The number of amides is 1. The Balaban J connectivity index is 1.50. The molecule has 0 aliphatic carbocycles. The lowest BCUT2D eigenvalue weighted by Crippen LogP contribution is -2.24. The second kappa shape index (κ2) is 9.13. The van der Waals surface area contributed by atoms with Crippen LogP contribution in [0, 0.1) is 5.82 Å². The van der Waals surface area contributed by atoms with Crippen molar-refractivity contribution in [2.45, 2.75) is 18.2 Å². The molecule has 2 aromatic carbocycles. The van der Waals surface area contributed by atoms with E-state index in [-0.39, 0.29) is 17.5 Å². The second-order valence-corrected chi connectivity index (χ2v) is 6.60. The minimum absolute atomic E-state index is 0.150. The number of thioether (sulfide) groups is 1. The third-order valence-electron chi connectivity index (χ3n) is 3.73. The predicted octanol–water partition coefficient (Wildman–Crippen LogP) is 2.28. The number of hydrogen-bond acceptors (Lipinski definition) is 6. The summed E-state index contributed by atoms with van der Waals surface area (Å²) in [5, 5.41) is 15.0. The number of tetrazole rings is 1. The Kier molecular flexibility index (Phi) is 6.37. The van der Waals surface area contributed by atoms with Crippen molar-refractivity contribution in [3.63, 3.8) is 0 Å². The van der Waals surface area contributed by atoms with Gasteiger partial charge in [-0.15, -0.1) is 5.10 Å². The molecule has 0 aliphatic rings. The van der Waals surface area contributed by atoms with Gasteiger partial charge in [-0.05, 0) is 45.8 Å². The lowest BCUT2D eigenvalue weighted by atomic mass is 10.2. The summed E-state index contributed by atoms with van der Waals surface area (Å²) >= 11 is 1.26. The van der Waals surface area contributed by atoms with E-state index in [1.807, 2.05) is 24.3 Å². The molecular formula is C18H18FN5O2S. The van der Waals surface area contributed by atoms with Gasteiger partial charge in [-0.1, -0.05) is 36.0 Å². The van der Waals surface area contributed by atoms with Crippen LogP contribution in [0.3, 0.4) is 0 Å². The lowest BCUT2D eigenvalue weighted by molar-refractivity contribution is -0.118. The number of methoxy groups -OCH3 is 1. The largest absolute Gasteiger partial charge is 0.497 e. The van der Waals surface area contributed by atoms with E-state index in [0.29, 0.717) is 18.2 Å². The van der Waals surface area contributed by atoms with Gasteiger partial charge < -0.3 is 10.1 Å². The maximum absolute atomic E-state index is 12.9. The highest BCUT2D eigenvalue weighted by Crippen LogP contribution is 2.16. The Morgan fingerprint density at radius 1 is 1.15 bits per heavy atom. The number of carbonyl (C=O) groups is 1. The van der Waals surface area contributed by atoms with Gasteiger partial charge >= 0.3 is 0 Å². The molecule has 0 saturated carbocycles. The molecule has 7 nitrogen and oxygen atoms in total. The van der Waals surface area contributed by atoms with E-state index in [0.717, 1.165) is 16.9 Å². The highest BCUT2D eigenvalue weighted by molar-refractivity contribution is 7.99. The van der Waals surface area contributed by atoms with Crippen LogP contribution in [0.1, 0.15) is 11.1 Å². The van der Waals surface area contributed by atoms with Gasteiger partial charge in [-0.2, -0.15) is 0 Å². The number of aromatic nitrogens is 4. The summed E-state index contributed by atoms with van der Waals surface area (Å²) < 4.78 is 19.7. The standard InChI is InChI=1S/C18H18FN5O2S/c1-26-16-8-4-14(5-9-16)11-24-18(21-22-23-24)27-12-17(25)20-10-13-2-6-15(19)7-3-13/h2-9H,10-12H2,1H3,(H,20,25). The van der Waals surface area contributed by atoms with E-state index < -0.39 is 0 Å². The van der Waals surface area contributed by atoms with E-state index in [2.05, 4.69) is 20.8 Å². The Labute approximate surface area is 159 Å². The summed E-state index contributed by atoms with van der Waals surface area (Å²) in [5.41, 5.74) is 1.85. The van der Waals surface area contributed by atoms with Crippen molar-refractivity contribution < 1.29 is 13.9 Å². The van der Waals surface area contributed by atoms with E-state index >= 15 is 0 Å². The van der Waals surface area contributed by atoms with Gasteiger partial charge in [0, 0.05) is 6.54 Å². The number of ether oxygens (including phenoxy) is 1. The molecule has 140 valence electrons. The number of rotatable bonds is 8. The van der Waals surface area contributed by atoms with Gasteiger partial charge in [-0.25, -0.2) is 9.07 Å². The summed E-state index contributed by atoms with van der Waals surface area (Å²) in [6.07, 6.45) is 0. The molecule has 0 aliphatic heterocycles. The average molecular weight is 387 g/mol. The zero-order chi connectivity index (χ0) is 19.1. The van der Waals surface area contributed by atoms with Crippen LogP contribution in [0.25, 0.3) is 0 Å². The summed E-state index contributed by atoms with van der Waals surface area (Å²) in [7, 11) is 1.62. The zero-order valence-corrected chi connectivity index (χ0v) is 15.4. The number of carbonyl (C=O) groups excluding carboxylic acids is 1. The summed E-state index contributed by atoms with van der Waals surface area (Å²) in [4.78, 5) is 12.0. The van der Waals surface area contributed by atoms with Crippen molar-refractivity contribution >= 4 is 17.7 Å². The molecule has 27 heavy (non-hydrogen) atoms. The van der Waals surface area contributed by atoms with Crippen LogP contribution in [0.5, 0.6) is 5.75 Å². The van der Waals surface area contributed by atoms with E-state index in [4.69, 9.17) is 4.74 Å². The third kappa shape index (κ3) is 5.52. The van der Waals surface area contributed by atoms with Gasteiger partial charge in [0.1, 0.15) is 11.6 Å².